The van der Waals surface area contributed by atoms with E-state index in [1.807, 2.05) is 6.92 Å². The van der Waals surface area contributed by atoms with Crippen LogP contribution in [0, 0.1) is 6.92 Å². The number of aromatic nitrogens is 2. The molecule has 0 aromatic carbocycles. The third-order valence-electron chi connectivity index (χ3n) is 3.94. The molecule has 1 aliphatic rings. The molecule has 0 amide bonds. The predicted molar refractivity (Wildman–Crippen MR) is 87.3 cm³/mol. The average Bonchev–Trinajstić information content (AvgIpc) is 2.40. The summed E-state index contributed by atoms with van der Waals surface area (Å²) in [5, 5.41) is 0.555. The monoisotopic (exact) mass is 311 g/mol. The average molecular weight is 312 g/mol. The van der Waals surface area contributed by atoms with E-state index in [2.05, 4.69) is 44.5 Å². The smallest absolute Gasteiger partial charge is 0.137 e. The highest BCUT2D eigenvalue weighted by Crippen LogP contribution is 2.31. The Labute approximate surface area is 132 Å². The lowest BCUT2D eigenvalue weighted by atomic mass is 9.95. The lowest BCUT2D eigenvalue weighted by molar-refractivity contribution is 0.0295. The second kappa shape index (κ2) is 6.09. The number of hydrogen-bond donors (Lipinski definition) is 0. The van der Waals surface area contributed by atoms with Gasteiger partial charge in [-0.3, -0.25) is 0 Å². The molecule has 2 atom stereocenters. The van der Waals surface area contributed by atoms with E-state index in [9.17, 15) is 0 Å². The molecule has 1 aromatic heterocycles. The molecule has 1 aromatic rings. The van der Waals surface area contributed by atoms with Crippen LogP contribution in [0.25, 0.3) is 0 Å². The number of morpholine rings is 1. The van der Waals surface area contributed by atoms with Gasteiger partial charge in [0.15, 0.2) is 0 Å². The highest BCUT2D eigenvalue weighted by Gasteiger charge is 2.30. The Balaban J connectivity index is 2.48. The number of rotatable bonds is 2. The van der Waals surface area contributed by atoms with Crippen LogP contribution in [-0.4, -0.2) is 35.3 Å². The fourth-order valence-electron chi connectivity index (χ4n) is 2.54. The van der Waals surface area contributed by atoms with Crippen molar-refractivity contribution in [1.29, 1.82) is 0 Å². The number of hydrogen-bond acceptors (Lipinski definition) is 4. The normalized spacial score (nSPS) is 23.5. The molecule has 0 saturated carbocycles. The molecule has 1 fully saturated rings. The number of halogens is 1. The van der Waals surface area contributed by atoms with Crippen LogP contribution in [0.5, 0.6) is 0 Å². The molecular formula is C16H26ClN3O. The van der Waals surface area contributed by atoms with Gasteiger partial charge in [0.05, 0.1) is 18.8 Å². The van der Waals surface area contributed by atoms with E-state index in [0.717, 1.165) is 36.8 Å². The van der Waals surface area contributed by atoms with E-state index in [0.29, 0.717) is 11.2 Å². The molecule has 2 heterocycles. The first kappa shape index (κ1) is 16.5. The summed E-state index contributed by atoms with van der Waals surface area (Å²) >= 11 is 6.36. The van der Waals surface area contributed by atoms with Gasteiger partial charge in [0.1, 0.15) is 16.8 Å². The molecule has 0 bridgehead atoms. The summed E-state index contributed by atoms with van der Waals surface area (Å²) in [6.07, 6.45) is 1.23. The Bertz CT molecular complexity index is 513. The maximum atomic E-state index is 6.36. The van der Waals surface area contributed by atoms with Gasteiger partial charge in [0.2, 0.25) is 0 Å². The Kier molecular flexibility index (Phi) is 4.79. The Morgan fingerprint density at radius 2 is 2.00 bits per heavy atom. The van der Waals surface area contributed by atoms with Gasteiger partial charge in [-0.25, -0.2) is 9.97 Å². The van der Waals surface area contributed by atoms with Crippen LogP contribution in [-0.2, 0) is 10.2 Å². The highest BCUT2D eigenvalue weighted by atomic mass is 35.5. The second-order valence-corrected chi connectivity index (χ2v) is 7.25. The summed E-state index contributed by atoms with van der Waals surface area (Å²) in [4.78, 5) is 11.6. The first-order chi connectivity index (χ1) is 9.74. The van der Waals surface area contributed by atoms with Crippen molar-refractivity contribution >= 4 is 17.4 Å². The Morgan fingerprint density at radius 1 is 1.33 bits per heavy atom. The van der Waals surface area contributed by atoms with Crippen LogP contribution in [0.2, 0.25) is 5.15 Å². The molecule has 1 aliphatic heterocycles. The first-order valence-electron chi connectivity index (χ1n) is 7.67. The van der Waals surface area contributed by atoms with Crippen molar-refractivity contribution in [1.82, 2.24) is 9.97 Å². The molecule has 118 valence electrons. The lowest BCUT2D eigenvalue weighted by Gasteiger charge is -2.40. The summed E-state index contributed by atoms with van der Waals surface area (Å²) in [6.45, 7) is 14.2. The van der Waals surface area contributed by atoms with E-state index >= 15 is 0 Å². The zero-order chi connectivity index (χ0) is 15.8. The third kappa shape index (κ3) is 3.49. The minimum atomic E-state index is -0.119. The zero-order valence-corrected chi connectivity index (χ0v) is 14.7. The van der Waals surface area contributed by atoms with Gasteiger partial charge >= 0.3 is 0 Å². The molecule has 1 saturated heterocycles. The number of anilines is 1. The van der Waals surface area contributed by atoms with Crippen molar-refractivity contribution < 1.29 is 4.74 Å². The molecule has 0 spiro atoms. The molecule has 4 nitrogen and oxygen atoms in total. The van der Waals surface area contributed by atoms with Crippen molar-refractivity contribution in [3.63, 3.8) is 0 Å². The van der Waals surface area contributed by atoms with Crippen molar-refractivity contribution in [2.75, 3.05) is 18.1 Å². The van der Waals surface area contributed by atoms with E-state index in [1.165, 1.54) is 0 Å². The molecule has 0 N–H and O–H groups in total. The molecule has 0 aliphatic carbocycles. The molecule has 5 heteroatoms. The van der Waals surface area contributed by atoms with Gasteiger partial charge in [-0.05, 0) is 20.3 Å². The van der Waals surface area contributed by atoms with Crippen molar-refractivity contribution in [3.05, 3.63) is 16.5 Å². The molecular weight excluding hydrogens is 286 g/mol. The molecule has 2 unspecified atom stereocenters. The van der Waals surface area contributed by atoms with E-state index in [1.54, 1.807) is 0 Å². The van der Waals surface area contributed by atoms with Crippen LogP contribution in [0.3, 0.4) is 0 Å². The van der Waals surface area contributed by atoms with Gasteiger partial charge < -0.3 is 9.64 Å². The summed E-state index contributed by atoms with van der Waals surface area (Å²) in [6, 6.07) is 0.346. The lowest BCUT2D eigenvalue weighted by Crippen LogP contribution is -2.49. The van der Waals surface area contributed by atoms with Crippen LogP contribution in [0.15, 0.2) is 0 Å². The molecule has 2 rings (SSSR count). The van der Waals surface area contributed by atoms with Crippen LogP contribution in [0.1, 0.15) is 52.4 Å². The molecule has 21 heavy (non-hydrogen) atoms. The quantitative estimate of drug-likeness (QED) is 0.780. The standard InChI is InChI=1S/C16H26ClN3O/c1-7-12-9-21-10(2)8-20(12)14-11(3)13(17)18-15(19-14)16(4,5)6/h10,12H,7-9H2,1-6H3. The van der Waals surface area contributed by atoms with Crippen LogP contribution < -0.4 is 4.90 Å². The van der Waals surface area contributed by atoms with Crippen LogP contribution >= 0.6 is 11.6 Å². The van der Waals surface area contributed by atoms with Gasteiger partial charge in [0.25, 0.3) is 0 Å². The van der Waals surface area contributed by atoms with E-state index < -0.39 is 0 Å². The van der Waals surface area contributed by atoms with Gasteiger partial charge in [-0.2, -0.15) is 0 Å². The molecule has 0 radical (unpaired) electrons. The maximum Gasteiger partial charge on any atom is 0.137 e. The fourth-order valence-corrected chi connectivity index (χ4v) is 2.70. The second-order valence-electron chi connectivity index (χ2n) is 6.90. The SMILES string of the molecule is CCC1COC(C)CN1c1nc(C(C)(C)C)nc(Cl)c1C. The Hall–Kier alpha value is -0.870. The predicted octanol–water partition coefficient (Wildman–Crippen LogP) is 3.74. The fraction of sp³-hybridized carbons (Fsp3) is 0.750. The minimum Gasteiger partial charge on any atom is -0.375 e. The first-order valence-corrected chi connectivity index (χ1v) is 8.04. The minimum absolute atomic E-state index is 0.119. The summed E-state index contributed by atoms with van der Waals surface area (Å²) in [5.74, 6) is 1.75. The van der Waals surface area contributed by atoms with E-state index in [4.69, 9.17) is 21.3 Å². The summed E-state index contributed by atoms with van der Waals surface area (Å²) < 4.78 is 5.78. The topological polar surface area (TPSA) is 38.2 Å². The largest absolute Gasteiger partial charge is 0.375 e. The number of ether oxygens (including phenoxy) is 1. The third-order valence-corrected chi connectivity index (χ3v) is 4.31. The van der Waals surface area contributed by atoms with Gasteiger partial charge in [-0.1, -0.05) is 39.3 Å². The van der Waals surface area contributed by atoms with Crippen molar-refractivity contribution in [2.45, 2.75) is 65.5 Å². The highest BCUT2D eigenvalue weighted by molar-refractivity contribution is 6.30. The summed E-state index contributed by atoms with van der Waals surface area (Å²) in [7, 11) is 0. The van der Waals surface area contributed by atoms with E-state index in [-0.39, 0.29) is 11.5 Å². The van der Waals surface area contributed by atoms with Crippen molar-refractivity contribution in [2.24, 2.45) is 0 Å². The maximum absolute atomic E-state index is 6.36. The Morgan fingerprint density at radius 3 is 2.57 bits per heavy atom. The number of nitrogens with zero attached hydrogens (tertiary/aromatic N) is 3. The van der Waals surface area contributed by atoms with Gasteiger partial charge in [-0.15, -0.1) is 0 Å². The summed E-state index contributed by atoms with van der Waals surface area (Å²) in [5.41, 5.74) is 0.836. The van der Waals surface area contributed by atoms with Gasteiger partial charge in [0, 0.05) is 17.5 Å². The zero-order valence-electron chi connectivity index (χ0n) is 13.9. The van der Waals surface area contributed by atoms with Crippen molar-refractivity contribution in [3.8, 4) is 0 Å². The van der Waals surface area contributed by atoms with Crippen LogP contribution in [0.4, 0.5) is 5.82 Å².